The van der Waals surface area contributed by atoms with Crippen molar-refractivity contribution in [2.24, 2.45) is 0 Å². The lowest BCUT2D eigenvalue weighted by Gasteiger charge is -2.09. The molecule has 1 aliphatic rings. The molecule has 1 saturated heterocycles. The number of hydrogen-bond donors (Lipinski definition) is 0. The highest BCUT2D eigenvalue weighted by Crippen LogP contribution is 2.17. The van der Waals surface area contributed by atoms with E-state index >= 15 is 0 Å². The van der Waals surface area contributed by atoms with Gasteiger partial charge in [-0.05, 0) is 12.5 Å². The number of benzene rings is 1. The second kappa shape index (κ2) is 3.90. The first kappa shape index (κ1) is 8.73. The summed E-state index contributed by atoms with van der Waals surface area (Å²) in [4.78, 5) is 0. The van der Waals surface area contributed by atoms with Gasteiger partial charge in [0.05, 0.1) is 19.3 Å². The topological polar surface area (TPSA) is 21.8 Å². The SMILES string of the molecule is C[C@H](OCc1ccccc1)[C@H]1CO1. The Hall–Kier alpha value is -0.860. The van der Waals surface area contributed by atoms with Crippen LogP contribution in [0.3, 0.4) is 0 Å². The molecule has 2 rings (SSSR count). The maximum atomic E-state index is 5.63. The van der Waals surface area contributed by atoms with Gasteiger partial charge in [0.15, 0.2) is 0 Å². The van der Waals surface area contributed by atoms with Crippen LogP contribution in [-0.4, -0.2) is 18.8 Å². The Bertz CT molecular complexity index is 254. The van der Waals surface area contributed by atoms with Crippen LogP contribution in [0.25, 0.3) is 0 Å². The van der Waals surface area contributed by atoms with Gasteiger partial charge in [-0.25, -0.2) is 0 Å². The molecule has 0 amide bonds. The Morgan fingerprint density at radius 1 is 1.46 bits per heavy atom. The van der Waals surface area contributed by atoms with Gasteiger partial charge >= 0.3 is 0 Å². The molecular weight excluding hydrogens is 164 g/mol. The fourth-order valence-electron chi connectivity index (χ4n) is 1.24. The molecule has 0 radical (unpaired) electrons. The van der Waals surface area contributed by atoms with Crippen LogP contribution in [0.2, 0.25) is 0 Å². The largest absolute Gasteiger partial charge is 0.371 e. The first-order chi connectivity index (χ1) is 6.36. The Morgan fingerprint density at radius 2 is 2.15 bits per heavy atom. The summed E-state index contributed by atoms with van der Waals surface area (Å²) in [6, 6.07) is 10.2. The second-order valence-corrected chi connectivity index (χ2v) is 3.37. The van der Waals surface area contributed by atoms with E-state index in [0.717, 1.165) is 6.61 Å². The Morgan fingerprint density at radius 3 is 2.77 bits per heavy atom. The van der Waals surface area contributed by atoms with Gasteiger partial charge in [-0.3, -0.25) is 0 Å². The third kappa shape index (κ3) is 2.54. The van der Waals surface area contributed by atoms with Gasteiger partial charge < -0.3 is 9.47 Å². The summed E-state index contributed by atoms with van der Waals surface area (Å²) in [7, 11) is 0. The fourth-order valence-corrected chi connectivity index (χ4v) is 1.24. The quantitative estimate of drug-likeness (QED) is 0.658. The summed E-state index contributed by atoms with van der Waals surface area (Å²) in [6.45, 7) is 3.60. The van der Waals surface area contributed by atoms with E-state index in [1.165, 1.54) is 5.56 Å². The highest BCUT2D eigenvalue weighted by Gasteiger charge is 2.29. The highest BCUT2D eigenvalue weighted by molar-refractivity contribution is 5.13. The van der Waals surface area contributed by atoms with Gasteiger partial charge in [-0.15, -0.1) is 0 Å². The number of hydrogen-bond acceptors (Lipinski definition) is 2. The van der Waals surface area contributed by atoms with Crippen molar-refractivity contribution in [3.8, 4) is 0 Å². The smallest absolute Gasteiger partial charge is 0.107 e. The predicted molar refractivity (Wildman–Crippen MR) is 50.4 cm³/mol. The second-order valence-electron chi connectivity index (χ2n) is 3.37. The summed E-state index contributed by atoms with van der Waals surface area (Å²) in [5.74, 6) is 0. The average Bonchev–Trinajstić information content (AvgIpc) is 2.99. The lowest BCUT2D eigenvalue weighted by Crippen LogP contribution is -2.14. The van der Waals surface area contributed by atoms with Crippen molar-refractivity contribution in [3.63, 3.8) is 0 Å². The average molecular weight is 178 g/mol. The lowest BCUT2D eigenvalue weighted by molar-refractivity contribution is 0.0340. The zero-order valence-electron chi connectivity index (χ0n) is 7.77. The molecule has 1 aromatic carbocycles. The molecule has 70 valence electrons. The molecule has 0 saturated carbocycles. The molecule has 0 aliphatic carbocycles. The van der Waals surface area contributed by atoms with E-state index in [1.807, 2.05) is 18.2 Å². The Balaban J connectivity index is 1.78. The normalized spacial score (nSPS) is 22.7. The van der Waals surface area contributed by atoms with Crippen LogP contribution >= 0.6 is 0 Å². The van der Waals surface area contributed by atoms with Crippen molar-refractivity contribution in [3.05, 3.63) is 35.9 Å². The predicted octanol–water partition coefficient (Wildman–Crippen LogP) is 1.99. The molecule has 2 nitrogen and oxygen atoms in total. The molecule has 2 atom stereocenters. The van der Waals surface area contributed by atoms with Gasteiger partial charge in [0.2, 0.25) is 0 Å². The summed E-state index contributed by atoms with van der Waals surface area (Å²) in [5, 5.41) is 0. The highest BCUT2D eigenvalue weighted by atomic mass is 16.6. The molecule has 1 fully saturated rings. The Kier molecular flexibility index (Phi) is 2.62. The van der Waals surface area contributed by atoms with E-state index in [0.29, 0.717) is 12.7 Å². The molecular formula is C11H14O2. The monoisotopic (exact) mass is 178 g/mol. The van der Waals surface area contributed by atoms with Crippen molar-refractivity contribution >= 4 is 0 Å². The zero-order valence-corrected chi connectivity index (χ0v) is 7.77. The minimum Gasteiger partial charge on any atom is -0.371 e. The van der Waals surface area contributed by atoms with Crippen LogP contribution in [0, 0.1) is 0 Å². The number of ether oxygens (including phenoxy) is 2. The molecule has 1 aliphatic heterocycles. The van der Waals surface area contributed by atoms with E-state index in [-0.39, 0.29) is 6.10 Å². The van der Waals surface area contributed by atoms with Crippen LogP contribution in [0.4, 0.5) is 0 Å². The van der Waals surface area contributed by atoms with Gasteiger partial charge in [0, 0.05) is 0 Å². The van der Waals surface area contributed by atoms with Crippen LogP contribution in [0.15, 0.2) is 30.3 Å². The first-order valence-electron chi connectivity index (χ1n) is 4.63. The molecule has 2 heteroatoms. The van der Waals surface area contributed by atoms with Crippen molar-refractivity contribution in [1.29, 1.82) is 0 Å². The minimum absolute atomic E-state index is 0.222. The molecule has 1 heterocycles. The molecule has 13 heavy (non-hydrogen) atoms. The number of epoxide rings is 1. The maximum absolute atomic E-state index is 5.63. The van der Waals surface area contributed by atoms with Crippen LogP contribution in [-0.2, 0) is 16.1 Å². The van der Waals surface area contributed by atoms with E-state index < -0.39 is 0 Å². The zero-order chi connectivity index (χ0) is 9.10. The molecule has 1 aromatic rings. The standard InChI is InChI=1S/C11H14O2/c1-9(11-8-13-11)12-7-10-5-3-2-4-6-10/h2-6,9,11H,7-8H2,1H3/t9-,11+/m0/s1. The summed E-state index contributed by atoms with van der Waals surface area (Å²) < 4.78 is 10.8. The molecule has 0 bridgehead atoms. The minimum atomic E-state index is 0.222. The fraction of sp³-hybridized carbons (Fsp3) is 0.455. The molecule has 0 N–H and O–H groups in total. The molecule has 0 unspecified atom stereocenters. The van der Waals surface area contributed by atoms with Crippen LogP contribution in [0.1, 0.15) is 12.5 Å². The third-order valence-corrected chi connectivity index (χ3v) is 2.24. The van der Waals surface area contributed by atoms with Gasteiger partial charge in [0.1, 0.15) is 6.10 Å². The summed E-state index contributed by atoms with van der Waals surface area (Å²) in [5.41, 5.74) is 1.22. The van der Waals surface area contributed by atoms with Gasteiger partial charge in [-0.1, -0.05) is 30.3 Å². The van der Waals surface area contributed by atoms with Gasteiger partial charge in [-0.2, -0.15) is 0 Å². The van der Waals surface area contributed by atoms with E-state index in [2.05, 4.69) is 19.1 Å². The van der Waals surface area contributed by atoms with Crippen molar-refractivity contribution in [2.45, 2.75) is 25.7 Å². The van der Waals surface area contributed by atoms with Crippen molar-refractivity contribution in [2.75, 3.05) is 6.61 Å². The number of rotatable bonds is 4. The lowest BCUT2D eigenvalue weighted by atomic mass is 10.2. The van der Waals surface area contributed by atoms with Crippen LogP contribution in [0.5, 0.6) is 0 Å². The first-order valence-corrected chi connectivity index (χ1v) is 4.63. The third-order valence-electron chi connectivity index (χ3n) is 2.24. The molecule has 0 spiro atoms. The van der Waals surface area contributed by atoms with E-state index in [9.17, 15) is 0 Å². The van der Waals surface area contributed by atoms with Crippen molar-refractivity contribution in [1.82, 2.24) is 0 Å². The van der Waals surface area contributed by atoms with E-state index in [1.54, 1.807) is 0 Å². The van der Waals surface area contributed by atoms with Crippen LogP contribution < -0.4 is 0 Å². The molecule has 0 aromatic heterocycles. The van der Waals surface area contributed by atoms with Crippen molar-refractivity contribution < 1.29 is 9.47 Å². The summed E-state index contributed by atoms with van der Waals surface area (Å²) in [6.07, 6.45) is 0.559. The maximum Gasteiger partial charge on any atom is 0.107 e. The van der Waals surface area contributed by atoms with Gasteiger partial charge in [0.25, 0.3) is 0 Å². The Labute approximate surface area is 78.5 Å². The summed E-state index contributed by atoms with van der Waals surface area (Å²) >= 11 is 0. The van der Waals surface area contributed by atoms with E-state index in [4.69, 9.17) is 9.47 Å².